The summed E-state index contributed by atoms with van der Waals surface area (Å²) in [5.41, 5.74) is 1.31. The minimum Gasteiger partial charge on any atom is -0.343 e. The van der Waals surface area contributed by atoms with Crippen molar-refractivity contribution in [3.63, 3.8) is 0 Å². The van der Waals surface area contributed by atoms with Crippen LogP contribution in [0, 0.1) is 5.92 Å². The maximum absolute atomic E-state index is 12.7. The number of hydrogen-bond acceptors (Lipinski definition) is 1. The molecule has 0 aliphatic heterocycles. The molecule has 2 nitrogen and oxygen atoms in total. The smallest absolute Gasteiger partial charge is 0.226 e. The monoisotopic (exact) mass is 349 g/mol. The van der Waals surface area contributed by atoms with Crippen LogP contribution in [0.15, 0.2) is 28.7 Å². The van der Waals surface area contributed by atoms with Gasteiger partial charge >= 0.3 is 0 Å². The summed E-state index contributed by atoms with van der Waals surface area (Å²) >= 11 is 3.47. The van der Waals surface area contributed by atoms with Crippen LogP contribution >= 0.6 is 15.9 Å². The van der Waals surface area contributed by atoms with E-state index in [4.69, 9.17) is 0 Å². The van der Waals surface area contributed by atoms with E-state index in [0.717, 1.165) is 10.9 Å². The number of benzene rings is 1. The van der Waals surface area contributed by atoms with Crippen LogP contribution in [0.25, 0.3) is 0 Å². The third-order valence-electron chi connectivity index (χ3n) is 5.13. The van der Waals surface area contributed by atoms with Crippen LogP contribution in [0.4, 0.5) is 0 Å². The fraction of sp³-hybridized carbons (Fsp3) is 0.611. The second-order valence-corrected chi connectivity index (χ2v) is 7.51. The number of rotatable bonds is 3. The van der Waals surface area contributed by atoms with Gasteiger partial charge in [-0.1, -0.05) is 53.7 Å². The van der Waals surface area contributed by atoms with Gasteiger partial charge in [-0.25, -0.2) is 0 Å². The Kier molecular flexibility index (Phi) is 4.68. The van der Waals surface area contributed by atoms with Crippen molar-refractivity contribution in [2.45, 2.75) is 56.9 Å². The van der Waals surface area contributed by atoms with Crippen molar-refractivity contribution in [3.05, 3.63) is 34.3 Å². The predicted octanol–water partition coefficient (Wildman–Crippen LogP) is 4.73. The summed E-state index contributed by atoms with van der Waals surface area (Å²) in [5, 5.41) is 0. The van der Waals surface area contributed by atoms with Crippen molar-refractivity contribution < 1.29 is 4.79 Å². The van der Waals surface area contributed by atoms with Crippen LogP contribution < -0.4 is 0 Å². The molecule has 2 fully saturated rings. The standard InChI is InChI=1S/C18H24BrNO/c1-20(15-6-4-2-3-5-7-15)18(21)17-12-16(17)13-8-10-14(19)11-9-13/h8-11,15-17H,2-7,12H2,1H3. The quantitative estimate of drug-likeness (QED) is 0.722. The Morgan fingerprint density at radius 1 is 1.10 bits per heavy atom. The van der Waals surface area contributed by atoms with Gasteiger partial charge in [0.2, 0.25) is 5.91 Å². The molecule has 3 heteroatoms. The third-order valence-corrected chi connectivity index (χ3v) is 5.65. The van der Waals surface area contributed by atoms with Crippen molar-refractivity contribution in [2.75, 3.05) is 7.05 Å². The molecule has 21 heavy (non-hydrogen) atoms. The molecule has 0 spiro atoms. The molecule has 0 aromatic heterocycles. The Bertz CT molecular complexity index is 490. The molecule has 2 unspecified atom stereocenters. The van der Waals surface area contributed by atoms with Crippen LogP contribution in [0.1, 0.15) is 56.4 Å². The van der Waals surface area contributed by atoms with Gasteiger partial charge in [0.05, 0.1) is 0 Å². The zero-order valence-corrected chi connectivity index (χ0v) is 14.3. The normalized spacial score (nSPS) is 26.2. The maximum atomic E-state index is 12.7. The van der Waals surface area contributed by atoms with Gasteiger partial charge in [0, 0.05) is 23.5 Å². The molecule has 2 aliphatic carbocycles. The summed E-state index contributed by atoms with van der Waals surface area (Å²) in [7, 11) is 2.02. The van der Waals surface area contributed by atoms with E-state index in [1.807, 2.05) is 7.05 Å². The molecule has 1 aromatic rings. The number of amides is 1. The van der Waals surface area contributed by atoms with E-state index >= 15 is 0 Å². The minimum atomic E-state index is 0.222. The van der Waals surface area contributed by atoms with Crippen LogP contribution in [-0.4, -0.2) is 23.9 Å². The molecular formula is C18H24BrNO. The van der Waals surface area contributed by atoms with Crippen LogP contribution in [-0.2, 0) is 4.79 Å². The number of carbonyl (C=O) groups excluding carboxylic acids is 1. The molecule has 0 heterocycles. The highest BCUT2D eigenvalue weighted by atomic mass is 79.9. The van der Waals surface area contributed by atoms with Crippen molar-refractivity contribution in [3.8, 4) is 0 Å². The van der Waals surface area contributed by atoms with Gasteiger partial charge in [-0.3, -0.25) is 4.79 Å². The first-order valence-corrected chi connectivity index (χ1v) is 8.98. The lowest BCUT2D eigenvalue weighted by molar-refractivity contribution is -0.133. The zero-order valence-electron chi connectivity index (χ0n) is 12.7. The molecule has 0 bridgehead atoms. The Labute approximate surface area is 136 Å². The summed E-state index contributed by atoms with van der Waals surface area (Å²) in [6.07, 6.45) is 8.65. The summed E-state index contributed by atoms with van der Waals surface area (Å²) < 4.78 is 1.10. The Hall–Kier alpha value is -0.830. The van der Waals surface area contributed by atoms with E-state index < -0.39 is 0 Å². The fourth-order valence-electron chi connectivity index (χ4n) is 3.63. The molecule has 0 saturated heterocycles. The molecule has 2 aliphatic rings. The molecule has 0 N–H and O–H groups in total. The zero-order chi connectivity index (χ0) is 14.8. The van der Waals surface area contributed by atoms with Crippen molar-refractivity contribution >= 4 is 21.8 Å². The molecule has 2 atom stereocenters. The first-order chi connectivity index (χ1) is 10.2. The number of nitrogens with zero attached hydrogens (tertiary/aromatic N) is 1. The Balaban J connectivity index is 1.60. The average Bonchev–Trinajstić information content (AvgIpc) is 3.30. The Morgan fingerprint density at radius 3 is 2.33 bits per heavy atom. The highest BCUT2D eigenvalue weighted by molar-refractivity contribution is 9.10. The van der Waals surface area contributed by atoms with E-state index in [1.165, 1.54) is 44.1 Å². The second-order valence-electron chi connectivity index (χ2n) is 6.59. The summed E-state index contributed by atoms with van der Waals surface area (Å²) in [6, 6.07) is 8.92. The van der Waals surface area contributed by atoms with Gasteiger partial charge in [-0.2, -0.15) is 0 Å². The topological polar surface area (TPSA) is 20.3 Å². The molecular weight excluding hydrogens is 326 g/mol. The highest BCUT2D eigenvalue weighted by Crippen LogP contribution is 2.48. The molecule has 1 aromatic carbocycles. The van der Waals surface area contributed by atoms with Crippen molar-refractivity contribution in [1.29, 1.82) is 0 Å². The van der Waals surface area contributed by atoms with E-state index in [-0.39, 0.29) is 5.92 Å². The number of halogens is 1. The summed E-state index contributed by atoms with van der Waals surface area (Å²) in [6.45, 7) is 0. The minimum absolute atomic E-state index is 0.222. The maximum Gasteiger partial charge on any atom is 0.226 e. The SMILES string of the molecule is CN(C(=O)C1CC1c1ccc(Br)cc1)C1CCCCCC1. The van der Waals surface area contributed by atoms with E-state index in [1.54, 1.807) is 0 Å². The highest BCUT2D eigenvalue weighted by Gasteiger charge is 2.45. The third kappa shape index (κ3) is 3.50. The molecule has 0 radical (unpaired) electrons. The lowest BCUT2D eigenvalue weighted by Gasteiger charge is -2.27. The Morgan fingerprint density at radius 2 is 1.71 bits per heavy atom. The largest absolute Gasteiger partial charge is 0.343 e. The average molecular weight is 350 g/mol. The van der Waals surface area contributed by atoms with Gasteiger partial charge in [0.1, 0.15) is 0 Å². The van der Waals surface area contributed by atoms with Crippen LogP contribution in [0.2, 0.25) is 0 Å². The number of carbonyl (C=O) groups is 1. The van der Waals surface area contributed by atoms with Crippen LogP contribution in [0.5, 0.6) is 0 Å². The number of hydrogen-bond donors (Lipinski definition) is 0. The van der Waals surface area contributed by atoms with Crippen molar-refractivity contribution in [1.82, 2.24) is 4.90 Å². The predicted molar refractivity (Wildman–Crippen MR) is 89.3 cm³/mol. The lowest BCUT2D eigenvalue weighted by Crippen LogP contribution is -2.38. The van der Waals surface area contributed by atoms with Gasteiger partial charge < -0.3 is 4.90 Å². The second kappa shape index (κ2) is 6.51. The molecule has 114 valence electrons. The molecule has 3 rings (SSSR count). The lowest BCUT2D eigenvalue weighted by atomic mass is 10.1. The summed E-state index contributed by atoms with van der Waals surface area (Å²) in [5.74, 6) is 1.04. The fourth-order valence-corrected chi connectivity index (χ4v) is 3.90. The first-order valence-electron chi connectivity index (χ1n) is 8.19. The van der Waals surface area contributed by atoms with Gasteiger partial charge in [0.15, 0.2) is 0 Å². The van der Waals surface area contributed by atoms with Gasteiger partial charge in [-0.05, 0) is 42.9 Å². The molecule has 2 saturated carbocycles. The van der Waals surface area contributed by atoms with Crippen LogP contribution in [0.3, 0.4) is 0 Å². The van der Waals surface area contributed by atoms with E-state index in [0.29, 0.717) is 17.9 Å². The summed E-state index contributed by atoms with van der Waals surface area (Å²) in [4.78, 5) is 14.7. The van der Waals surface area contributed by atoms with Gasteiger partial charge in [0.25, 0.3) is 0 Å². The first kappa shape index (κ1) is 15.1. The molecule has 1 amide bonds. The van der Waals surface area contributed by atoms with Gasteiger partial charge in [-0.15, -0.1) is 0 Å². The van der Waals surface area contributed by atoms with E-state index in [2.05, 4.69) is 45.1 Å². The van der Waals surface area contributed by atoms with E-state index in [9.17, 15) is 4.79 Å². The van der Waals surface area contributed by atoms with Crippen molar-refractivity contribution in [2.24, 2.45) is 5.92 Å².